The molecule has 0 radical (unpaired) electrons. The quantitative estimate of drug-likeness (QED) is 0.826. The number of aromatic nitrogens is 1. The molecule has 2 rings (SSSR count). The van der Waals surface area contributed by atoms with Crippen molar-refractivity contribution in [2.24, 2.45) is 0 Å². The minimum atomic E-state index is -0.164. The van der Waals surface area contributed by atoms with Crippen LogP contribution in [-0.4, -0.2) is 16.3 Å². The Morgan fingerprint density at radius 1 is 1.29 bits per heavy atom. The zero-order valence-corrected chi connectivity index (χ0v) is 12.6. The van der Waals surface area contributed by atoms with Gasteiger partial charge in [0.1, 0.15) is 6.54 Å². The minimum absolute atomic E-state index is 0.103. The highest BCUT2D eigenvalue weighted by Gasteiger charge is 2.08. The van der Waals surface area contributed by atoms with Crippen LogP contribution in [0.3, 0.4) is 0 Å². The molecular weight excluding hydrogens is 288 g/mol. The monoisotopic (exact) mass is 304 g/mol. The summed E-state index contributed by atoms with van der Waals surface area (Å²) in [7, 11) is 0. The summed E-state index contributed by atoms with van der Waals surface area (Å²) in [6.45, 7) is 2.12. The van der Waals surface area contributed by atoms with Crippen LogP contribution in [0.15, 0.2) is 42.7 Å². The van der Waals surface area contributed by atoms with E-state index < -0.39 is 0 Å². The first-order valence-electron chi connectivity index (χ1n) is 6.83. The number of hydrogen-bond acceptors (Lipinski definition) is 2. The highest BCUT2D eigenvalue weighted by Crippen LogP contribution is 2.15. The lowest BCUT2D eigenvalue weighted by atomic mass is 10.1. The SMILES string of the molecule is CCCC(=O)c1ccn(CC(=O)Nc2cccc(Cl)c2)c1. The Kier molecular flexibility index (Phi) is 5.17. The van der Waals surface area contributed by atoms with Crippen molar-refractivity contribution < 1.29 is 9.59 Å². The van der Waals surface area contributed by atoms with Crippen molar-refractivity contribution in [1.29, 1.82) is 0 Å². The van der Waals surface area contributed by atoms with Gasteiger partial charge < -0.3 is 9.88 Å². The zero-order chi connectivity index (χ0) is 15.2. The number of carbonyl (C=O) groups is 2. The maximum Gasteiger partial charge on any atom is 0.244 e. The van der Waals surface area contributed by atoms with Crippen LogP contribution in [0.25, 0.3) is 0 Å². The second kappa shape index (κ2) is 7.09. The van der Waals surface area contributed by atoms with Gasteiger partial charge in [0.25, 0.3) is 0 Å². The van der Waals surface area contributed by atoms with Gasteiger partial charge in [-0.15, -0.1) is 0 Å². The lowest BCUT2D eigenvalue weighted by molar-refractivity contribution is -0.116. The van der Waals surface area contributed by atoms with Gasteiger partial charge in [0.2, 0.25) is 5.91 Å². The molecule has 0 aliphatic carbocycles. The third kappa shape index (κ3) is 4.46. The van der Waals surface area contributed by atoms with Crippen LogP contribution in [0.4, 0.5) is 5.69 Å². The predicted octanol–water partition coefficient (Wildman–Crippen LogP) is 3.76. The number of nitrogens with one attached hydrogen (secondary N) is 1. The molecule has 0 saturated heterocycles. The van der Waals surface area contributed by atoms with Gasteiger partial charge in [0.05, 0.1) is 0 Å². The van der Waals surface area contributed by atoms with Gasteiger partial charge in [-0.05, 0) is 30.7 Å². The number of hydrogen-bond donors (Lipinski definition) is 1. The molecule has 1 amide bonds. The fraction of sp³-hybridized carbons (Fsp3) is 0.250. The minimum Gasteiger partial charge on any atom is -0.344 e. The second-order valence-corrected chi connectivity index (χ2v) is 5.24. The van der Waals surface area contributed by atoms with Gasteiger partial charge in [-0.3, -0.25) is 9.59 Å². The fourth-order valence-electron chi connectivity index (χ4n) is 2.01. The summed E-state index contributed by atoms with van der Waals surface area (Å²) in [5.41, 5.74) is 1.30. The number of halogens is 1. The van der Waals surface area contributed by atoms with E-state index in [1.54, 1.807) is 47.3 Å². The largest absolute Gasteiger partial charge is 0.344 e. The van der Waals surface area contributed by atoms with E-state index in [9.17, 15) is 9.59 Å². The topological polar surface area (TPSA) is 51.1 Å². The van der Waals surface area contributed by atoms with Crippen molar-refractivity contribution in [3.63, 3.8) is 0 Å². The normalized spacial score (nSPS) is 10.4. The number of ketones is 1. The predicted molar refractivity (Wildman–Crippen MR) is 83.8 cm³/mol. The molecule has 1 aromatic heterocycles. The maximum absolute atomic E-state index is 11.9. The highest BCUT2D eigenvalue weighted by molar-refractivity contribution is 6.30. The average molecular weight is 305 g/mol. The third-order valence-corrected chi connectivity index (χ3v) is 3.22. The van der Waals surface area contributed by atoms with E-state index in [-0.39, 0.29) is 18.2 Å². The number of rotatable bonds is 6. The third-order valence-electron chi connectivity index (χ3n) is 2.98. The highest BCUT2D eigenvalue weighted by atomic mass is 35.5. The van der Waals surface area contributed by atoms with Crippen LogP contribution in [-0.2, 0) is 11.3 Å². The molecule has 110 valence electrons. The fourth-order valence-corrected chi connectivity index (χ4v) is 2.20. The van der Waals surface area contributed by atoms with Crippen LogP contribution < -0.4 is 5.32 Å². The number of anilines is 1. The van der Waals surface area contributed by atoms with E-state index in [1.807, 2.05) is 6.92 Å². The Labute approximate surface area is 128 Å². The van der Waals surface area contributed by atoms with Gasteiger partial charge in [-0.25, -0.2) is 0 Å². The van der Waals surface area contributed by atoms with E-state index in [1.165, 1.54) is 0 Å². The van der Waals surface area contributed by atoms with Crippen molar-refractivity contribution in [2.45, 2.75) is 26.3 Å². The number of amides is 1. The van der Waals surface area contributed by atoms with E-state index >= 15 is 0 Å². The number of benzene rings is 1. The molecule has 1 aromatic carbocycles. The second-order valence-electron chi connectivity index (χ2n) is 4.80. The lowest BCUT2D eigenvalue weighted by Crippen LogP contribution is -2.17. The molecule has 0 saturated carbocycles. The van der Waals surface area contributed by atoms with E-state index in [2.05, 4.69) is 5.32 Å². The molecule has 0 bridgehead atoms. The average Bonchev–Trinajstić information content (AvgIpc) is 2.87. The molecule has 5 heteroatoms. The lowest BCUT2D eigenvalue weighted by Gasteiger charge is -2.06. The molecule has 4 nitrogen and oxygen atoms in total. The molecule has 0 aliphatic rings. The Morgan fingerprint density at radius 2 is 2.10 bits per heavy atom. The van der Waals surface area contributed by atoms with Crippen molar-refractivity contribution >= 4 is 29.0 Å². The molecule has 1 N–H and O–H groups in total. The van der Waals surface area contributed by atoms with Gasteiger partial charge in [-0.1, -0.05) is 24.6 Å². The van der Waals surface area contributed by atoms with Crippen LogP contribution in [0.5, 0.6) is 0 Å². The van der Waals surface area contributed by atoms with E-state index in [0.29, 0.717) is 22.7 Å². The number of nitrogens with zero attached hydrogens (tertiary/aromatic N) is 1. The van der Waals surface area contributed by atoms with Crippen molar-refractivity contribution in [2.75, 3.05) is 5.32 Å². The Bertz CT molecular complexity index is 649. The Balaban J connectivity index is 1.95. The summed E-state index contributed by atoms with van der Waals surface area (Å²) in [6.07, 6.45) is 4.79. The van der Waals surface area contributed by atoms with Crippen LogP contribution in [0.2, 0.25) is 5.02 Å². The molecular formula is C16H17ClN2O2. The van der Waals surface area contributed by atoms with E-state index in [0.717, 1.165) is 6.42 Å². The molecule has 1 heterocycles. The van der Waals surface area contributed by atoms with Crippen molar-refractivity contribution in [1.82, 2.24) is 4.57 Å². The maximum atomic E-state index is 11.9. The summed E-state index contributed by atoms with van der Waals surface area (Å²) in [5.74, 6) is -0.0612. The molecule has 21 heavy (non-hydrogen) atoms. The van der Waals surface area contributed by atoms with Crippen molar-refractivity contribution in [3.05, 3.63) is 53.3 Å². The Hall–Kier alpha value is -2.07. The molecule has 2 aromatic rings. The number of carbonyl (C=O) groups excluding carboxylic acids is 2. The molecule has 0 fully saturated rings. The summed E-state index contributed by atoms with van der Waals surface area (Å²) >= 11 is 5.86. The number of Topliss-reactive ketones (excluding diaryl/α,β-unsaturated/α-hetero) is 1. The first-order valence-corrected chi connectivity index (χ1v) is 7.20. The molecule has 0 unspecified atom stereocenters. The molecule has 0 spiro atoms. The van der Waals surface area contributed by atoms with E-state index in [4.69, 9.17) is 11.6 Å². The van der Waals surface area contributed by atoms with Gasteiger partial charge >= 0.3 is 0 Å². The first kappa shape index (κ1) is 15.3. The van der Waals surface area contributed by atoms with Gasteiger partial charge in [0, 0.05) is 35.1 Å². The van der Waals surface area contributed by atoms with Crippen LogP contribution >= 0.6 is 11.6 Å². The Morgan fingerprint density at radius 3 is 2.81 bits per heavy atom. The van der Waals surface area contributed by atoms with Crippen LogP contribution in [0.1, 0.15) is 30.1 Å². The smallest absolute Gasteiger partial charge is 0.244 e. The van der Waals surface area contributed by atoms with Gasteiger partial charge in [0.15, 0.2) is 5.78 Å². The van der Waals surface area contributed by atoms with Crippen molar-refractivity contribution in [3.8, 4) is 0 Å². The standard InChI is InChI=1S/C16H17ClN2O2/c1-2-4-15(20)12-7-8-19(10-12)11-16(21)18-14-6-3-5-13(17)9-14/h3,5-10H,2,4,11H2,1H3,(H,18,21). The summed E-state index contributed by atoms with van der Waals surface area (Å²) < 4.78 is 1.70. The van der Waals surface area contributed by atoms with Crippen LogP contribution in [0, 0.1) is 0 Å². The summed E-state index contributed by atoms with van der Waals surface area (Å²) in [4.78, 5) is 23.7. The first-order chi connectivity index (χ1) is 10.1. The molecule has 0 atom stereocenters. The summed E-state index contributed by atoms with van der Waals surface area (Å²) in [6, 6.07) is 8.72. The molecule has 0 aliphatic heterocycles. The summed E-state index contributed by atoms with van der Waals surface area (Å²) in [5, 5.41) is 3.34. The zero-order valence-electron chi connectivity index (χ0n) is 11.8. The van der Waals surface area contributed by atoms with Gasteiger partial charge in [-0.2, -0.15) is 0 Å².